The molecule has 7 nitrogen and oxygen atoms in total. The number of carbonyl (C=O) groups is 1. The number of carbonyl (C=O) groups excluding carboxylic acids is 1. The Hall–Kier alpha value is -2.67. The van der Waals surface area contributed by atoms with Crippen LogP contribution < -0.4 is 11.5 Å². The molecule has 0 spiro atoms. The summed E-state index contributed by atoms with van der Waals surface area (Å²) in [4.78, 5) is 20.9. The van der Waals surface area contributed by atoms with Crippen LogP contribution >= 0.6 is 0 Å². The van der Waals surface area contributed by atoms with E-state index in [1.54, 1.807) is 17.7 Å². The van der Waals surface area contributed by atoms with Crippen molar-refractivity contribution in [1.29, 1.82) is 0 Å². The Labute approximate surface area is 146 Å². The van der Waals surface area contributed by atoms with E-state index >= 15 is 0 Å². The summed E-state index contributed by atoms with van der Waals surface area (Å²) in [6.45, 7) is 7.76. The fourth-order valence-corrected chi connectivity index (χ4v) is 3.39. The molecule has 5 N–H and O–H groups in total. The number of hydrogen-bond acceptors (Lipinski definition) is 5. The Balaban J connectivity index is 2.38. The molecule has 0 saturated carbocycles. The number of primary amides is 1. The Bertz CT molecular complexity index is 941. The van der Waals surface area contributed by atoms with Crippen LogP contribution in [0.2, 0.25) is 0 Å². The molecule has 2 atom stereocenters. The molecule has 1 amide bonds. The first-order chi connectivity index (χ1) is 11.7. The molecular weight excluding hydrogens is 318 g/mol. The predicted molar refractivity (Wildman–Crippen MR) is 97.6 cm³/mol. The summed E-state index contributed by atoms with van der Waals surface area (Å²) >= 11 is 0. The predicted octanol–water partition coefficient (Wildman–Crippen LogP) is 1.86. The van der Waals surface area contributed by atoms with Gasteiger partial charge in [-0.2, -0.15) is 0 Å². The third kappa shape index (κ3) is 2.42. The molecule has 0 aliphatic heterocycles. The minimum atomic E-state index is -0.636. The Morgan fingerprint density at radius 3 is 2.72 bits per heavy atom. The smallest absolute Gasteiger partial charge is 0.254 e. The molecule has 1 unspecified atom stereocenters. The van der Waals surface area contributed by atoms with Gasteiger partial charge in [0.2, 0.25) is 0 Å². The van der Waals surface area contributed by atoms with Crippen LogP contribution in [0.25, 0.3) is 16.9 Å². The summed E-state index contributed by atoms with van der Waals surface area (Å²) in [5, 5.41) is 9.87. The van der Waals surface area contributed by atoms with Gasteiger partial charge >= 0.3 is 0 Å². The number of nitrogens with zero attached hydrogens (tertiary/aromatic N) is 3. The van der Waals surface area contributed by atoms with E-state index in [1.807, 2.05) is 32.9 Å². The second-order valence-electron chi connectivity index (χ2n) is 6.93. The topological polar surface area (TPSA) is 120 Å². The van der Waals surface area contributed by atoms with E-state index < -0.39 is 11.3 Å². The van der Waals surface area contributed by atoms with Gasteiger partial charge in [-0.05, 0) is 19.4 Å². The van der Waals surface area contributed by atoms with Crippen molar-refractivity contribution in [3.8, 4) is 0 Å². The van der Waals surface area contributed by atoms with Gasteiger partial charge in [0, 0.05) is 17.0 Å². The van der Waals surface area contributed by atoms with Crippen molar-refractivity contribution in [3.63, 3.8) is 0 Å². The van der Waals surface area contributed by atoms with Gasteiger partial charge in [0.1, 0.15) is 16.9 Å². The molecule has 3 rings (SSSR count). The fraction of sp³-hybridized carbons (Fsp3) is 0.389. The Morgan fingerprint density at radius 1 is 1.44 bits per heavy atom. The molecule has 1 aliphatic rings. The number of fused-ring (bicyclic) bond motifs is 1. The van der Waals surface area contributed by atoms with Gasteiger partial charge in [-0.15, -0.1) is 0 Å². The summed E-state index contributed by atoms with van der Waals surface area (Å²) in [6, 6.07) is 0. The zero-order chi connectivity index (χ0) is 18.5. The monoisotopic (exact) mass is 341 g/mol. The van der Waals surface area contributed by atoms with Crippen molar-refractivity contribution in [3.05, 3.63) is 35.2 Å². The Kier molecular flexibility index (Phi) is 3.91. The van der Waals surface area contributed by atoms with E-state index in [-0.39, 0.29) is 23.9 Å². The number of hydrogen-bond donors (Lipinski definition) is 3. The minimum absolute atomic E-state index is 0.00594. The summed E-state index contributed by atoms with van der Waals surface area (Å²) in [5.74, 6) is -0.461. The van der Waals surface area contributed by atoms with Crippen LogP contribution in [-0.4, -0.2) is 32.2 Å². The number of anilines is 1. The number of amides is 1. The van der Waals surface area contributed by atoms with Crippen molar-refractivity contribution >= 4 is 28.6 Å². The molecule has 25 heavy (non-hydrogen) atoms. The highest BCUT2D eigenvalue weighted by Crippen LogP contribution is 2.44. The van der Waals surface area contributed by atoms with E-state index in [4.69, 9.17) is 11.5 Å². The van der Waals surface area contributed by atoms with Crippen LogP contribution in [0.3, 0.4) is 0 Å². The molecule has 132 valence electrons. The van der Waals surface area contributed by atoms with Gasteiger partial charge in [0.15, 0.2) is 5.65 Å². The molecule has 7 heteroatoms. The SMILES string of the molecule is CC1=C(n2c(N)c(C(N)=O)c3nc(C)cnc32)[C@H](C)C(C)(CO)C=C1. The standard InChI is InChI=1S/C18H23N5O2/c1-9-5-6-18(4,8-24)11(3)14(9)23-15(19)12(16(20)25)13-17(23)21-7-10(2)22-13/h5-7,11,24H,8,19H2,1-4H3,(H2,20,25)/t11-,18?/m0/s1. The molecule has 0 aromatic carbocycles. The minimum Gasteiger partial charge on any atom is -0.395 e. The molecular formula is C18H23N5O2. The summed E-state index contributed by atoms with van der Waals surface area (Å²) in [6.07, 6.45) is 5.60. The molecule has 2 aromatic heterocycles. The number of nitrogen functional groups attached to an aromatic ring is 1. The van der Waals surface area contributed by atoms with E-state index in [0.29, 0.717) is 16.9 Å². The average molecular weight is 341 g/mol. The van der Waals surface area contributed by atoms with Crippen molar-refractivity contribution in [1.82, 2.24) is 14.5 Å². The van der Waals surface area contributed by atoms with E-state index in [2.05, 4.69) is 9.97 Å². The number of rotatable bonds is 3. The van der Waals surface area contributed by atoms with Crippen LogP contribution in [0.5, 0.6) is 0 Å². The maximum absolute atomic E-state index is 12.0. The lowest BCUT2D eigenvalue weighted by Gasteiger charge is -2.37. The molecule has 2 heterocycles. The molecule has 0 fully saturated rings. The van der Waals surface area contributed by atoms with Crippen LogP contribution in [0.15, 0.2) is 23.9 Å². The zero-order valence-corrected chi connectivity index (χ0v) is 14.9. The van der Waals surface area contributed by atoms with Crippen LogP contribution in [0.1, 0.15) is 36.8 Å². The van der Waals surface area contributed by atoms with Crippen molar-refractivity contribution in [2.24, 2.45) is 17.1 Å². The maximum Gasteiger partial charge on any atom is 0.254 e. The zero-order valence-electron chi connectivity index (χ0n) is 14.9. The second kappa shape index (κ2) is 5.70. The first-order valence-electron chi connectivity index (χ1n) is 8.16. The quantitative estimate of drug-likeness (QED) is 0.787. The number of aryl methyl sites for hydroxylation is 1. The molecule has 0 bridgehead atoms. The highest BCUT2D eigenvalue weighted by Gasteiger charge is 2.37. The van der Waals surface area contributed by atoms with Gasteiger partial charge in [0.05, 0.1) is 18.5 Å². The molecule has 0 radical (unpaired) electrons. The number of aromatic nitrogens is 3. The van der Waals surface area contributed by atoms with E-state index in [9.17, 15) is 9.90 Å². The summed E-state index contributed by atoms with van der Waals surface area (Å²) in [7, 11) is 0. The number of aliphatic hydroxyl groups excluding tert-OH is 1. The lowest BCUT2D eigenvalue weighted by atomic mass is 9.72. The van der Waals surface area contributed by atoms with Gasteiger partial charge in [-0.1, -0.05) is 26.0 Å². The average Bonchev–Trinajstić information content (AvgIpc) is 2.83. The fourth-order valence-electron chi connectivity index (χ4n) is 3.39. The normalized spacial score (nSPS) is 23.5. The van der Waals surface area contributed by atoms with Gasteiger partial charge in [-0.3, -0.25) is 9.36 Å². The highest BCUT2D eigenvalue weighted by atomic mass is 16.3. The van der Waals surface area contributed by atoms with Crippen LogP contribution in [0, 0.1) is 18.3 Å². The Morgan fingerprint density at radius 2 is 2.12 bits per heavy atom. The lowest BCUT2D eigenvalue weighted by Crippen LogP contribution is -2.32. The summed E-state index contributed by atoms with van der Waals surface area (Å²) in [5.41, 5.74) is 15.0. The second-order valence-corrected chi connectivity index (χ2v) is 6.93. The number of nitrogens with two attached hydrogens (primary N) is 2. The van der Waals surface area contributed by atoms with Crippen LogP contribution in [-0.2, 0) is 0 Å². The van der Waals surface area contributed by atoms with Crippen molar-refractivity contribution in [2.75, 3.05) is 12.3 Å². The molecule has 2 aromatic rings. The number of allylic oxidation sites excluding steroid dienone is 3. The number of aliphatic hydroxyl groups is 1. The van der Waals surface area contributed by atoms with E-state index in [1.165, 1.54) is 0 Å². The van der Waals surface area contributed by atoms with Crippen molar-refractivity contribution < 1.29 is 9.90 Å². The lowest BCUT2D eigenvalue weighted by molar-refractivity contribution is 0.100. The molecule has 1 aliphatic carbocycles. The van der Waals surface area contributed by atoms with Gasteiger partial charge in [-0.25, -0.2) is 9.97 Å². The van der Waals surface area contributed by atoms with Crippen LogP contribution in [0.4, 0.5) is 5.82 Å². The van der Waals surface area contributed by atoms with Gasteiger partial charge < -0.3 is 16.6 Å². The third-order valence-electron chi connectivity index (χ3n) is 5.16. The maximum atomic E-state index is 12.0. The third-order valence-corrected chi connectivity index (χ3v) is 5.16. The first kappa shape index (κ1) is 17.2. The first-order valence-corrected chi connectivity index (χ1v) is 8.16. The largest absolute Gasteiger partial charge is 0.395 e. The highest BCUT2D eigenvalue weighted by molar-refractivity contribution is 6.10. The van der Waals surface area contributed by atoms with Gasteiger partial charge in [0.25, 0.3) is 5.91 Å². The summed E-state index contributed by atoms with van der Waals surface area (Å²) < 4.78 is 1.75. The van der Waals surface area contributed by atoms with Crippen molar-refractivity contribution in [2.45, 2.75) is 27.7 Å². The molecule has 0 saturated heterocycles. The van der Waals surface area contributed by atoms with E-state index in [0.717, 1.165) is 11.3 Å².